The highest BCUT2D eigenvalue weighted by Gasteiger charge is 2.13. The largest absolute Gasteiger partial charge is 0.454 e. The first-order valence-electron chi connectivity index (χ1n) is 8.86. The molecule has 0 atom stereocenters. The Morgan fingerprint density at radius 2 is 1.92 bits per heavy atom. The van der Waals surface area contributed by atoms with Gasteiger partial charge in [0.25, 0.3) is 0 Å². The molecular formula is C18H23N5O3. The Labute approximate surface area is 152 Å². The Kier molecular flexibility index (Phi) is 5.32. The van der Waals surface area contributed by atoms with Crippen LogP contribution in [-0.2, 0) is 11.3 Å². The lowest BCUT2D eigenvalue weighted by Crippen LogP contribution is -2.39. The van der Waals surface area contributed by atoms with Gasteiger partial charge in [-0.2, -0.15) is 4.98 Å². The van der Waals surface area contributed by atoms with E-state index in [9.17, 15) is 0 Å². The summed E-state index contributed by atoms with van der Waals surface area (Å²) in [5, 5.41) is 6.60. The van der Waals surface area contributed by atoms with Crippen LogP contribution in [0.4, 0.5) is 11.8 Å². The molecule has 1 fully saturated rings. The van der Waals surface area contributed by atoms with Gasteiger partial charge in [0.1, 0.15) is 5.82 Å². The van der Waals surface area contributed by atoms with Gasteiger partial charge in [0.2, 0.25) is 12.7 Å². The summed E-state index contributed by atoms with van der Waals surface area (Å²) in [6, 6.07) is 7.79. The lowest BCUT2D eigenvalue weighted by atomic mass is 10.2. The van der Waals surface area contributed by atoms with Crippen LogP contribution in [0.2, 0.25) is 0 Å². The van der Waals surface area contributed by atoms with Gasteiger partial charge in [-0.3, -0.25) is 4.90 Å². The van der Waals surface area contributed by atoms with E-state index in [4.69, 9.17) is 14.2 Å². The standard InChI is InChI=1S/C18H23N5O3/c1-2-15-16(26-13-25-15)11-14(1)12-21-17-3-4-19-18(22-17)20-5-6-23-7-9-24-10-8-23/h1-4,11H,5-10,12-13H2,(H2,19,20,21,22). The molecule has 0 aliphatic carbocycles. The van der Waals surface area contributed by atoms with Crippen molar-refractivity contribution in [2.24, 2.45) is 0 Å². The molecule has 3 heterocycles. The van der Waals surface area contributed by atoms with Gasteiger partial charge in [-0.05, 0) is 23.8 Å². The summed E-state index contributed by atoms with van der Waals surface area (Å²) in [5.41, 5.74) is 1.11. The van der Waals surface area contributed by atoms with Crippen molar-refractivity contribution in [3.8, 4) is 11.5 Å². The van der Waals surface area contributed by atoms with Crippen LogP contribution in [-0.4, -0.2) is 61.1 Å². The number of anilines is 2. The van der Waals surface area contributed by atoms with Crippen LogP contribution in [0.3, 0.4) is 0 Å². The number of nitrogens with zero attached hydrogens (tertiary/aromatic N) is 3. The fraction of sp³-hybridized carbons (Fsp3) is 0.444. The number of ether oxygens (including phenoxy) is 3. The molecule has 0 bridgehead atoms. The normalized spacial score (nSPS) is 16.5. The second-order valence-corrected chi connectivity index (χ2v) is 6.19. The summed E-state index contributed by atoms with van der Waals surface area (Å²) in [6.45, 7) is 6.32. The minimum atomic E-state index is 0.289. The van der Waals surface area contributed by atoms with E-state index in [0.29, 0.717) is 12.5 Å². The number of rotatable bonds is 7. The van der Waals surface area contributed by atoms with E-state index >= 15 is 0 Å². The maximum Gasteiger partial charge on any atom is 0.231 e. The summed E-state index contributed by atoms with van der Waals surface area (Å²) in [5.74, 6) is 3.00. The number of hydrogen-bond donors (Lipinski definition) is 2. The molecule has 4 rings (SSSR count). The Bertz CT molecular complexity index is 737. The van der Waals surface area contributed by atoms with Crippen molar-refractivity contribution in [1.82, 2.24) is 14.9 Å². The van der Waals surface area contributed by atoms with E-state index in [2.05, 4.69) is 25.5 Å². The number of aromatic nitrogens is 2. The zero-order chi connectivity index (χ0) is 17.6. The summed E-state index contributed by atoms with van der Waals surface area (Å²) in [7, 11) is 0. The number of morpholine rings is 1. The molecule has 8 heteroatoms. The van der Waals surface area contributed by atoms with Gasteiger partial charge in [0.05, 0.1) is 13.2 Å². The molecule has 1 aromatic heterocycles. The molecule has 138 valence electrons. The fourth-order valence-electron chi connectivity index (χ4n) is 2.94. The average molecular weight is 357 g/mol. The quantitative estimate of drug-likeness (QED) is 0.773. The SMILES string of the molecule is c1cc(NCc2ccc3c(c2)OCO3)nc(NCCN2CCOCC2)n1. The third-order valence-corrected chi connectivity index (χ3v) is 4.38. The fourth-order valence-corrected chi connectivity index (χ4v) is 2.94. The molecule has 2 N–H and O–H groups in total. The van der Waals surface area contributed by atoms with Gasteiger partial charge >= 0.3 is 0 Å². The van der Waals surface area contributed by atoms with Gasteiger partial charge in [-0.1, -0.05) is 6.07 Å². The Hall–Kier alpha value is -2.58. The van der Waals surface area contributed by atoms with Gasteiger partial charge in [-0.25, -0.2) is 4.98 Å². The number of benzene rings is 1. The molecule has 2 aliphatic heterocycles. The van der Waals surface area contributed by atoms with E-state index in [1.54, 1.807) is 6.20 Å². The van der Waals surface area contributed by atoms with Crippen molar-refractivity contribution in [2.45, 2.75) is 6.54 Å². The molecule has 2 aromatic rings. The van der Waals surface area contributed by atoms with Gasteiger partial charge in [-0.15, -0.1) is 0 Å². The number of fused-ring (bicyclic) bond motifs is 1. The van der Waals surface area contributed by atoms with Gasteiger partial charge < -0.3 is 24.8 Å². The summed E-state index contributed by atoms with van der Waals surface area (Å²) in [4.78, 5) is 11.2. The minimum absolute atomic E-state index is 0.289. The van der Waals surface area contributed by atoms with Crippen LogP contribution in [0.1, 0.15) is 5.56 Å². The van der Waals surface area contributed by atoms with E-state index in [1.807, 2.05) is 24.3 Å². The van der Waals surface area contributed by atoms with Crippen LogP contribution in [0, 0.1) is 0 Å². The molecular weight excluding hydrogens is 334 g/mol. The second kappa shape index (κ2) is 8.20. The lowest BCUT2D eigenvalue weighted by Gasteiger charge is -2.26. The molecule has 0 amide bonds. The van der Waals surface area contributed by atoms with E-state index in [-0.39, 0.29) is 6.79 Å². The highest BCUT2D eigenvalue weighted by Crippen LogP contribution is 2.32. The van der Waals surface area contributed by atoms with Crippen molar-refractivity contribution in [2.75, 3.05) is 56.8 Å². The number of hydrogen-bond acceptors (Lipinski definition) is 8. The minimum Gasteiger partial charge on any atom is -0.454 e. The predicted octanol–water partition coefficient (Wildman–Crippen LogP) is 1.56. The number of nitrogens with one attached hydrogen (secondary N) is 2. The lowest BCUT2D eigenvalue weighted by molar-refractivity contribution is 0.0398. The first-order chi connectivity index (χ1) is 12.9. The molecule has 0 unspecified atom stereocenters. The zero-order valence-electron chi connectivity index (χ0n) is 14.6. The van der Waals surface area contributed by atoms with Crippen LogP contribution in [0.25, 0.3) is 0 Å². The summed E-state index contributed by atoms with van der Waals surface area (Å²) in [6.07, 6.45) is 1.76. The summed E-state index contributed by atoms with van der Waals surface area (Å²) >= 11 is 0. The van der Waals surface area contributed by atoms with Gasteiger partial charge in [0, 0.05) is 38.9 Å². The highest BCUT2D eigenvalue weighted by atomic mass is 16.7. The van der Waals surface area contributed by atoms with Crippen LogP contribution >= 0.6 is 0 Å². The van der Waals surface area contributed by atoms with Crippen LogP contribution in [0.5, 0.6) is 11.5 Å². The van der Waals surface area contributed by atoms with Crippen molar-refractivity contribution in [1.29, 1.82) is 0 Å². The van der Waals surface area contributed by atoms with Crippen molar-refractivity contribution in [3.05, 3.63) is 36.0 Å². The van der Waals surface area contributed by atoms with E-state index < -0.39 is 0 Å². The summed E-state index contributed by atoms with van der Waals surface area (Å²) < 4.78 is 16.1. The molecule has 2 aliphatic rings. The Balaban J connectivity index is 1.27. The van der Waals surface area contributed by atoms with Crippen molar-refractivity contribution in [3.63, 3.8) is 0 Å². The second-order valence-electron chi connectivity index (χ2n) is 6.19. The molecule has 8 nitrogen and oxygen atoms in total. The molecule has 0 radical (unpaired) electrons. The average Bonchev–Trinajstić information content (AvgIpc) is 3.15. The first-order valence-corrected chi connectivity index (χ1v) is 8.86. The molecule has 26 heavy (non-hydrogen) atoms. The maximum atomic E-state index is 5.41. The van der Waals surface area contributed by atoms with Gasteiger partial charge in [0.15, 0.2) is 11.5 Å². The third-order valence-electron chi connectivity index (χ3n) is 4.38. The molecule has 1 aromatic carbocycles. The monoisotopic (exact) mass is 357 g/mol. The molecule has 0 saturated carbocycles. The van der Waals surface area contributed by atoms with Crippen molar-refractivity contribution >= 4 is 11.8 Å². The third kappa shape index (κ3) is 4.33. The Morgan fingerprint density at radius 1 is 1.04 bits per heavy atom. The Morgan fingerprint density at radius 3 is 2.85 bits per heavy atom. The van der Waals surface area contributed by atoms with E-state index in [0.717, 1.165) is 62.3 Å². The van der Waals surface area contributed by atoms with Crippen LogP contribution in [0.15, 0.2) is 30.5 Å². The highest BCUT2D eigenvalue weighted by molar-refractivity contribution is 5.46. The van der Waals surface area contributed by atoms with Crippen molar-refractivity contribution < 1.29 is 14.2 Å². The maximum absolute atomic E-state index is 5.41. The zero-order valence-corrected chi connectivity index (χ0v) is 14.6. The van der Waals surface area contributed by atoms with Crippen LogP contribution < -0.4 is 20.1 Å². The smallest absolute Gasteiger partial charge is 0.231 e. The predicted molar refractivity (Wildman–Crippen MR) is 97.7 cm³/mol. The van der Waals surface area contributed by atoms with E-state index in [1.165, 1.54) is 0 Å². The first kappa shape index (κ1) is 16.9. The molecule has 1 saturated heterocycles. The molecule has 0 spiro atoms. The topological polar surface area (TPSA) is 80.8 Å².